The lowest BCUT2D eigenvalue weighted by atomic mass is 10.1. The van der Waals surface area contributed by atoms with Crippen LogP contribution in [0.4, 0.5) is 0 Å². The SMILES string of the molecule is CCCCCC(C)NCc1ccc(C(N)=O)cc1Cl. The number of hydrogen-bond donors (Lipinski definition) is 2. The average molecular weight is 283 g/mol. The van der Waals surface area contributed by atoms with Crippen LogP contribution in [-0.2, 0) is 6.54 Å². The number of unbranched alkanes of at least 4 members (excludes halogenated alkanes) is 2. The van der Waals surface area contributed by atoms with Gasteiger partial charge >= 0.3 is 0 Å². The zero-order valence-electron chi connectivity index (χ0n) is 11.7. The van der Waals surface area contributed by atoms with E-state index in [4.69, 9.17) is 17.3 Å². The van der Waals surface area contributed by atoms with E-state index in [9.17, 15) is 4.79 Å². The minimum atomic E-state index is -0.450. The van der Waals surface area contributed by atoms with Crippen LogP contribution >= 0.6 is 11.6 Å². The second-order valence-electron chi connectivity index (χ2n) is 4.95. The van der Waals surface area contributed by atoms with Gasteiger partial charge in [-0.15, -0.1) is 0 Å². The van der Waals surface area contributed by atoms with Crippen molar-refractivity contribution in [2.75, 3.05) is 0 Å². The highest BCUT2D eigenvalue weighted by Gasteiger charge is 2.07. The molecule has 3 nitrogen and oxygen atoms in total. The molecule has 4 heteroatoms. The molecule has 1 rings (SSSR count). The van der Waals surface area contributed by atoms with Crippen molar-refractivity contribution in [1.82, 2.24) is 5.32 Å². The molecule has 0 aliphatic heterocycles. The Morgan fingerprint density at radius 3 is 2.74 bits per heavy atom. The lowest BCUT2D eigenvalue weighted by Crippen LogP contribution is -2.25. The summed E-state index contributed by atoms with van der Waals surface area (Å²) in [6.45, 7) is 5.10. The van der Waals surface area contributed by atoms with Crippen molar-refractivity contribution in [3.63, 3.8) is 0 Å². The van der Waals surface area contributed by atoms with Crippen LogP contribution < -0.4 is 11.1 Å². The van der Waals surface area contributed by atoms with Crippen molar-refractivity contribution < 1.29 is 4.79 Å². The van der Waals surface area contributed by atoms with Crippen LogP contribution in [0.15, 0.2) is 18.2 Å². The van der Waals surface area contributed by atoms with Gasteiger partial charge in [0.05, 0.1) is 0 Å². The Hall–Kier alpha value is -1.06. The van der Waals surface area contributed by atoms with Gasteiger partial charge in [-0.25, -0.2) is 0 Å². The van der Waals surface area contributed by atoms with E-state index in [1.54, 1.807) is 12.1 Å². The highest BCUT2D eigenvalue weighted by atomic mass is 35.5. The van der Waals surface area contributed by atoms with Crippen LogP contribution in [0.5, 0.6) is 0 Å². The number of carbonyl (C=O) groups is 1. The summed E-state index contributed by atoms with van der Waals surface area (Å²) in [5.74, 6) is -0.450. The first-order chi connectivity index (χ1) is 9.04. The van der Waals surface area contributed by atoms with Crippen molar-refractivity contribution in [3.8, 4) is 0 Å². The summed E-state index contributed by atoms with van der Waals surface area (Å²) < 4.78 is 0. The van der Waals surface area contributed by atoms with Gasteiger partial charge in [0.1, 0.15) is 0 Å². The summed E-state index contributed by atoms with van der Waals surface area (Å²) in [6.07, 6.45) is 4.94. The first-order valence-electron chi connectivity index (χ1n) is 6.86. The maximum Gasteiger partial charge on any atom is 0.248 e. The molecule has 1 aromatic carbocycles. The number of nitrogens with two attached hydrogens (primary N) is 1. The molecule has 0 saturated heterocycles. The van der Waals surface area contributed by atoms with Crippen molar-refractivity contribution in [2.45, 2.75) is 52.1 Å². The molecule has 1 atom stereocenters. The maximum absolute atomic E-state index is 11.0. The Morgan fingerprint density at radius 2 is 2.16 bits per heavy atom. The molecule has 3 N–H and O–H groups in total. The van der Waals surface area contributed by atoms with Crippen LogP contribution in [0.3, 0.4) is 0 Å². The van der Waals surface area contributed by atoms with Gasteiger partial charge in [0.15, 0.2) is 0 Å². The van der Waals surface area contributed by atoms with Gasteiger partial charge in [-0.1, -0.05) is 43.9 Å². The zero-order valence-corrected chi connectivity index (χ0v) is 12.5. The summed E-state index contributed by atoms with van der Waals surface area (Å²) in [5.41, 5.74) is 6.65. The van der Waals surface area contributed by atoms with Gasteiger partial charge in [-0.05, 0) is 31.0 Å². The van der Waals surface area contributed by atoms with Crippen molar-refractivity contribution in [1.29, 1.82) is 0 Å². The van der Waals surface area contributed by atoms with Gasteiger partial charge in [-0.2, -0.15) is 0 Å². The third-order valence-electron chi connectivity index (χ3n) is 3.22. The number of benzene rings is 1. The first kappa shape index (κ1) is 16.0. The quantitative estimate of drug-likeness (QED) is 0.717. The Kier molecular flexibility index (Phi) is 6.89. The van der Waals surface area contributed by atoms with Crippen molar-refractivity contribution >= 4 is 17.5 Å². The molecule has 106 valence electrons. The Morgan fingerprint density at radius 1 is 1.42 bits per heavy atom. The number of hydrogen-bond acceptors (Lipinski definition) is 2. The highest BCUT2D eigenvalue weighted by Crippen LogP contribution is 2.18. The summed E-state index contributed by atoms with van der Waals surface area (Å²) in [5, 5.41) is 4.03. The molecule has 0 radical (unpaired) electrons. The lowest BCUT2D eigenvalue weighted by Gasteiger charge is -2.14. The number of rotatable bonds is 8. The van der Waals surface area contributed by atoms with Crippen molar-refractivity contribution in [3.05, 3.63) is 34.3 Å². The summed E-state index contributed by atoms with van der Waals surface area (Å²) in [4.78, 5) is 11.0. The second-order valence-corrected chi connectivity index (χ2v) is 5.36. The van der Waals surface area contributed by atoms with Gasteiger partial charge < -0.3 is 11.1 Å². The molecule has 0 fully saturated rings. The highest BCUT2D eigenvalue weighted by molar-refractivity contribution is 6.31. The van der Waals surface area contributed by atoms with Crippen molar-refractivity contribution in [2.24, 2.45) is 5.73 Å². The fourth-order valence-corrected chi connectivity index (χ4v) is 2.18. The smallest absolute Gasteiger partial charge is 0.248 e. The number of carbonyl (C=O) groups excluding carboxylic acids is 1. The molecular formula is C15H23ClN2O. The van der Waals surface area contributed by atoms with E-state index >= 15 is 0 Å². The van der Waals surface area contributed by atoms with E-state index in [1.807, 2.05) is 6.07 Å². The largest absolute Gasteiger partial charge is 0.366 e. The summed E-state index contributed by atoms with van der Waals surface area (Å²) >= 11 is 6.14. The fraction of sp³-hybridized carbons (Fsp3) is 0.533. The molecule has 1 amide bonds. The maximum atomic E-state index is 11.0. The van der Waals surface area contributed by atoms with Crippen LogP contribution in [0.2, 0.25) is 5.02 Å². The normalized spacial score (nSPS) is 12.4. The topological polar surface area (TPSA) is 55.1 Å². The number of halogens is 1. The van der Waals surface area contributed by atoms with Gasteiger partial charge in [0, 0.05) is 23.2 Å². The zero-order chi connectivity index (χ0) is 14.3. The van der Waals surface area contributed by atoms with E-state index in [2.05, 4.69) is 19.2 Å². The molecule has 0 aliphatic carbocycles. The molecule has 0 bridgehead atoms. The molecule has 0 saturated carbocycles. The van der Waals surface area contributed by atoms with E-state index in [0.29, 0.717) is 23.2 Å². The molecule has 0 aromatic heterocycles. The number of nitrogens with one attached hydrogen (secondary N) is 1. The van der Waals surface area contributed by atoms with E-state index in [0.717, 1.165) is 5.56 Å². The lowest BCUT2D eigenvalue weighted by molar-refractivity contribution is 0.100. The average Bonchev–Trinajstić information content (AvgIpc) is 2.37. The second kappa shape index (κ2) is 8.18. The molecule has 1 unspecified atom stereocenters. The van der Waals surface area contributed by atoms with Gasteiger partial charge in [0.25, 0.3) is 0 Å². The molecule has 19 heavy (non-hydrogen) atoms. The minimum Gasteiger partial charge on any atom is -0.366 e. The summed E-state index contributed by atoms with van der Waals surface area (Å²) in [7, 11) is 0. The third kappa shape index (κ3) is 5.62. The Bertz CT molecular complexity index is 421. The molecule has 0 aliphatic rings. The monoisotopic (exact) mass is 282 g/mol. The predicted octanol–water partition coefficient (Wildman–Crippen LogP) is 3.50. The fourth-order valence-electron chi connectivity index (χ4n) is 1.93. The van der Waals surface area contributed by atoms with Crippen LogP contribution in [0.1, 0.15) is 55.5 Å². The van der Waals surface area contributed by atoms with Crippen LogP contribution in [0, 0.1) is 0 Å². The van der Waals surface area contributed by atoms with E-state index in [-0.39, 0.29) is 0 Å². The van der Waals surface area contributed by atoms with Crippen LogP contribution in [-0.4, -0.2) is 11.9 Å². The number of primary amides is 1. The van der Waals surface area contributed by atoms with Gasteiger partial charge in [-0.3, -0.25) is 4.79 Å². The van der Waals surface area contributed by atoms with Crippen LogP contribution in [0.25, 0.3) is 0 Å². The van der Waals surface area contributed by atoms with E-state index in [1.165, 1.54) is 25.7 Å². The summed E-state index contributed by atoms with van der Waals surface area (Å²) in [6, 6.07) is 5.67. The molecule has 0 spiro atoms. The first-order valence-corrected chi connectivity index (χ1v) is 7.24. The van der Waals surface area contributed by atoms with E-state index < -0.39 is 5.91 Å². The van der Waals surface area contributed by atoms with Gasteiger partial charge in [0.2, 0.25) is 5.91 Å². The molecule has 1 aromatic rings. The Balaban J connectivity index is 2.47. The molecular weight excluding hydrogens is 260 g/mol. The molecule has 0 heterocycles. The predicted molar refractivity (Wildman–Crippen MR) is 80.4 cm³/mol. The minimum absolute atomic E-state index is 0.449. The Labute approximate surface area is 120 Å². The third-order valence-corrected chi connectivity index (χ3v) is 3.57. The number of amides is 1. The standard InChI is InChI=1S/C15H23ClN2O/c1-3-4-5-6-11(2)18-10-13-8-7-12(15(17)19)9-14(13)16/h7-9,11,18H,3-6,10H2,1-2H3,(H2,17,19).